The number of ether oxygens (including phenoxy) is 2. The lowest BCUT2D eigenvalue weighted by Gasteiger charge is -2.12. The van der Waals surface area contributed by atoms with Gasteiger partial charge in [-0.2, -0.15) is 0 Å². The Balaban J connectivity index is 1.89. The maximum absolute atomic E-state index is 5.66. The fourth-order valence-electron chi connectivity index (χ4n) is 2.09. The minimum atomic E-state index is 0.199. The molecule has 2 aromatic rings. The second-order valence-electron chi connectivity index (χ2n) is 5.54. The first kappa shape index (κ1) is 16.2. The third-order valence-corrected chi connectivity index (χ3v) is 3.09. The Kier molecular flexibility index (Phi) is 6.13. The smallest absolute Gasteiger partial charge is 0.119 e. The van der Waals surface area contributed by atoms with E-state index in [2.05, 4.69) is 24.4 Å². The first-order chi connectivity index (χ1) is 10.7. The van der Waals surface area contributed by atoms with Crippen molar-refractivity contribution < 1.29 is 9.47 Å². The monoisotopic (exact) mass is 299 g/mol. The summed E-state index contributed by atoms with van der Waals surface area (Å²) in [7, 11) is 0. The first-order valence-electron chi connectivity index (χ1n) is 7.89. The molecule has 0 aromatic heterocycles. The largest absolute Gasteiger partial charge is 0.494 e. The van der Waals surface area contributed by atoms with Crippen molar-refractivity contribution in [2.75, 3.05) is 11.9 Å². The Bertz CT molecular complexity index is 564. The van der Waals surface area contributed by atoms with Gasteiger partial charge in [-0.1, -0.05) is 19.1 Å². The van der Waals surface area contributed by atoms with Crippen molar-refractivity contribution in [2.45, 2.75) is 39.8 Å². The molecule has 0 heterocycles. The average molecular weight is 299 g/mol. The molecular formula is C19H25NO2. The summed E-state index contributed by atoms with van der Waals surface area (Å²) in [6.45, 7) is 7.69. The van der Waals surface area contributed by atoms with Gasteiger partial charge in [0.1, 0.15) is 11.5 Å². The van der Waals surface area contributed by atoms with Crippen LogP contribution in [0.5, 0.6) is 11.5 Å². The maximum atomic E-state index is 5.66. The van der Waals surface area contributed by atoms with Crippen molar-refractivity contribution >= 4 is 5.69 Å². The third-order valence-electron chi connectivity index (χ3n) is 3.09. The molecule has 0 saturated carbocycles. The summed E-state index contributed by atoms with van der Waals surface area (Å²) in [5.41, 5.74) is 2.28. The maximum Gasteiger partial charge on any atom is 0.119 e. The van der Waals surface area contributed by atoms with E-state index in [1.165, 1.54) is 5.56 Å². The average Bonchev–Trinajstić information content (AvgIpc) is 2.52. The predicted molar refractivity (Wildman–Crippen MR) is 91.8 cm³/mol. The summed E-state index contributed by atoms with van der Waals surface area (Å²) in [4.78, 5) is 0. The Labute approximate surface area is 133 Å². The molecule has 2 aromatic carbocycles. The van der Waals surface area contributed by atoms with Crippen LogP contribution in [0.2, 0.25) is 0 Å². The topological polar surface area (TPSA) is 30.5 Å². The standard InChI is InChI=1S/C19H25NO2/c1-4-12-21-19-7-5-6-16(13-19)14-20-17-8-10-18(11-9-17)22-15(2)3/h5-11,13,15,20H,4,12,14H2,1-3H3. The second-order valence-corrected chi connectivity index (χ2v) is 5.54. The molecule has 0 aliphatic heterocycles. The van der Waals surface area contributed by atoms with Crippen molar-refractivity contribution in [1.29, 1.82) is 0 Å². The number of nitrogens with one attached hydrogen (secondary N) is 1. The number of anilines is 1. The van der Waals surface area contributed by atoms with Gasteiger partial charge in [0.25, 0.3) is 0 Å². The van der Waals surface area contributed by atoms with Gasteiger partial charge in [0.2, 0.25) is 0 Å². The van der Waals surface area contributed by atoms with E-state index in [1.54, 1.807) is 0 Å². The minimum absolute atomic E-state index is 0.199. The molecule has 22 heavy (non-hydrogen) atoms. The molecule has 2 rings (SSSR count). The van der Waals surface area contributed by atoms with Gasteiger partial charge in [0.15, 0.2) is 0 Å². The summed E-state index contributed by atoms with van der Waals surface area (Å²) in [6.07, 6.45) is 1.22. The summed E-state index contributed by atoms with van der Waals surface area (Å²) in [6, 6.07) is 16.3. The number of benzene rings is 2. The van der Waals surface area contributed by atoms with Crippen molar-refractivity contribution in [3.05, 3.63) is 54.1 Å². The molecule has 0 fully saturated rings. The quantitative estimate of drug-likeness (QED) is 0.754. The molecule has 0 aliphatic carbocycles. The van der Waals surface area contributed by atoms with E-state index in [0.717, 1.165) is 36.8 Å². The fourth-order valence-corrected chi connectivity index (χ4v) is 2.09. The zero-order valence-electron chi connectivity index (χ0n) is 13.6. The molecule has 0 saturated heterocycles. The SMILES string of the molecule is CCCOc1cccc(CNc2ccc(OC(C)C)cc2)c1. The number of hydrogen-bond acceptors (Lipinski definition) is 3. The fraction of sp³-hybridized carbons (Fsp3) is 0.368. The lowest BCUT2D eigenvalue weighted by atomic mass is 10.2. The van der Waals surface area contributed by atoms with Crippen LogP contribution in [0.1, 0.15) is 32.8 Å². The van der Waals surface area contributed by atoms with Crippen LogP contribution >= 0.6 is 0 Å². The van der Waals surface area contributed by atoms with Crippen LogP contribution in [-0.4, -0.2) is 12.7 Å². The first-order valence-corrected chi connectivity index (χ1v) is 7.89. The van der Waals surface area contributed by atoms with Crippen LogP contribution in [0.25, 0.3) is 0 Å². The van der Waals surface area contributed by atoms with Gasteiger partial charge in [-0.05, 0) is 62.2 Å². The molecular weight excluding hydrogens is 274 g/mol. The van der Waals surface area contributed by atoms with Gasteiger partial charge in [-0.15, -0.1) is 0 Å². The molecule has 3 nitrogen and oxygen atoms in total. The number of hydrogen-bond donors (Lipinski definition) is 1. The summed E-state index contributed by atoms with van der Waals surface area (Å²) >= 11 is 0. The molecule has 3 heteroatoms. The highest BCUT2D eigenvalue weighted by atomic mass is 16.5. The predicted octanol–water partition coefficient (Wildman–Crippen LogP) is 4.87. The van der Waals surface area contributed by atoms with Crippen LogP contribution in [0, 0.1) is 0 Å². The lowest BCUT2D eigenvalue weighted by molar-refractivity contribution is 0.242. The minimum Gasteiger partial charge on any atom is -0.494 e. The molecule has 0 bridgehead atoms. The highest BCUT2D eigenvalue weighted by molar-refractivity contribution is 5.47. The van der Waals surface area contributed by atoms with Crippen molar-refractivity contribution in [1.82, 2.24) is 0 Å². The summed E-state index contributed by atoms with van der Waals surface area (Å²) in [5, 5.41) is 3.41. The van der Waals surface area contributed by atoms with Crippen LogP contribution in [0.4, 0.5) is 5.69 Å². The van der Waals surface area contributed by atoms with E-state index in [4.69, 9.17) is 9.47 Å². The van der Waals surface area contributed by atoms with E-state index in [-0.39, 0.29) is 6.10 Å². The van der Waals surface area contributed by atoms with Crippen molar-refractivity contribution in [3.8, 4) is 11.5 Å². The van der Waals surface area contributed by atoms with Crippen LogP contribution < -0.4 is 14.8 Å². The molecule has 0 radical (unpaired) electrons. The lowest BCUT2D eigenvalue weighted by Crippen LogP contribution is -2.05. The Morgan fingerprint density at radius 2 is 1.77 bits per heavy atom. The van der Waals surface area contributed by atoms with Crippen LogP contribution in [-0.2, 0) is 6.54 Å². The molecule has 0 unspecified atom stereocenters. The molecule has 0 amide bonds. The highest BCUT2D eigenvalue weighted by Crippen LogP contribution is 2.19. The van der Waals surface area contributed by atoms with E-state index in [1.807, 2.05) is 50.2 Å². The van der Waals surface area contributed by atoms with E-state index >= 15 is 0 Å². The van der Waals surface area contributed by atoms with Crippen molar-refractivity contribution in [2.24, 2.45) is 0 Å². The highest BCUT2D eigenvalue weighted by Gasteiger charge is 2.00. The van der Waals surface area contributed by atoms with Gasteiger partial charge in [-0.3, -0.25) is 0 Å². The Hall–Kier alpha value is -2.16. The molecule has 118 valence electrons. The van der Waals surface area contributed by atoms with Crippen molar-refractivity contribution in [3.63, 3.8) is 0 Å². The van der Waals surface area contributed by atoms with Gasteiger partial charge in [0, 0.05) is 12.2 Å². The molecule has 1 N–H and O–H groups in total. The Morgan fingerprint density at radius 1 is 1.00 bits per heavy atom. The van der Waals surface area contributed by atoms with Crippen LogP contribution in [0.15, 0.2) is 48.5 Å². The van der Waals surface area contributed by atoms with Gasteiger partial charge < -0.3 is 14.8 Å². The zero-order chi connectivity index (χ0) is 15.8. The van der Waals surface area contributed by atoms with E-state index in [9.17, 15) is 0 Å². The van der Waals surface area contributed by atoms with E-state index < -0.39 is 0 Å². The summed E-state index contributed by atoms with van der Waals surface area (Å²) in [5.74, 6) is 1.83. The molecule has 0 atom stereocenters. The molecule has 0 spiro atoms. The van der Waals surface area contributed by atoms with Gasteiger partial charge >= 0.3 is 0 Å². The van der Waals surface area contributed by atoms with Gasteiger partial charge in [0.05, 0.1) is 12.7 Å². The van der Waals surface area contributed by atoms with Gasteiger partial charge in [-0.25, -0.2) is 0 Å². The van der Waals surface area contributed by atoms with E-state index in [0.29, 0.717) is 0 Å². The molecule has 0 aliphatic rings. The normalized spacial score (nSPS) is 10.5. The number of rotatable bonds is 8. The third kappa shape index (κ3) is 5.32. The Morgan fingerprint density at radius 3 is 2.45 bits per heavy atom. The summed E-state index contributed by atoms with van der Waals surface area (Å²) < 4.78 is 11.3. The van der Waals surface area contributed by atoms with Crippen LogP contribution in [0.3, 0.4) is 0 Å². The second kappa shape index (κ2) is 8.32. The zero-order valence-corrected chi connectivity index (χ0v) is 13.6.